The number of ether oxygens (including phenoxy) is 1. The zero-order valence-corrected chi connectivity index (χ0v) is 23.6. The van der Waals surface area contributed by atoms with Crippen molar-refractivity contribution >= 4 is 22.6 Å². The molecule has 0 fully saturated rings. The molecule has 0 unspecified atom stereocenters. The van der Waals surface area contributed by atoms with E-state index in [0.29, 0.717) is 12.8 Å². The van der Waals surface area contributed by atoms with Gasteiger partial charge in [0.15, 0.2) is 0 Å². The molecule has 0 bridgehead atoms. The van der Waals surface area contributed by atoms with E-state index in [4.69, 9.17) is 15.5 Å². The Balaban J connectivity index is 0.000000360. The lowest BCUT2D eigenvalue weighted by Gasteiger charge is -2.13. The molecule has 4 aromatic rings. The average Bonchev–Trinajstić information content (AvgIpc) is 2.93. The van der Waals surface area contributed by atoms with Gasteiger partial charge in [0, 0.05) is 37.2 Å². The Kier molecular flexibility index (Phi) is 12.8. The van der Waals surface area contributed by atoms with Gasteiger partial charge in [0.25, 0.3) is 5.91 Å². The number of aryl methyl sites for hydroxylation is 1. The SMILES string of the molecule is CC.COC(=O)CCc1cccc(Cc2nc(CN(C)C)cc3ccncc23)c1.NC(=O)c1c(F)cccc1F. The molecule has 0 spiro atoms. The normalized spacial score (nSPS) is 10.3. The molecule has 2 N–H and O–H groups in total. The number of fused-ring (bicyclic) bond motifs is 1. The number of benzene rings is 2. The molecule has 1 amide bonds. The smallest absolute Gasteiger partial charge is 0.305 e. The standard InChI is InChI=1S/C22H25N3O2.C7H5F2NO.C2H6/c1-25(2)15-19-13-18-9-10-23-14-20(18)21(24-19)12-17-6-4-5-16(11-17)7-8-22(26)27-3;8-4-2-1-3-5(9)6(4)7(10)11;1-2/h4-6,9-11,13-14H,7-8,12,15H2,1-3H3;1-3H,(H2,10,11);1-2H3. The van der Waals surface area contributed by atoms with Gasteiger partial charge in [0.1, 0.15) is 17.2 Å². The van der Waals surface area contributed by atoms with Gasteiger partial charge < -0.3 is 15.4 Å². The molecule has 40 heavy (non-hydrogen) atoms. The summed E-state index contributed by atoms with van der Waals surface area (Å²) in [5, 5.41) is 2.24. The highest BCUT2D eigenvalue weighted by molar-refractivity contribution is 5.93. The molecule has 9 heteroatoms. The fraction of sp³-hybridized carbons (Fsp3) is 0.290. The van der Waals surface area contributed by atoms with Crippen molar-refractivity contribution in [2.45, 2.75) is 39.7 Å². The molecular weight excluding hydrogens is 514 g/mol. The van der Waals surface area contributed by atoms with E-state index < -0.39 is 23.1 Å². The molecule has 4 rings (SSSR count). The third kappa shape index (κ3) is 9.50. The number of carbonyl (C=O) groups is 2. The van der Waals surface area contributed by atoms with Gasteiger partial charge >= 0.3 is 5.97 Å². The number of carbonyl (C=O) groups excluding carboxylic acids is 2. The second-order valence-electron chi connectivity index (χ2n) is 8.93. The lowest BCUT2D eigenvalue weighted by atomic mass is 10.0. The second-order valence-corrected chi connectivity index (χ2v) is 8.93. The first-order chi connectivity index (χ1) is 19.2. The summed E-state index contributed by atoms with van der Waals surface area (Å²) in [4.78, 5) is 33.1. The maximum absolute atomic E-state index is 12.6. The average molecular weight is 551 g/mol. The zero-order valence-electron chi connectivity index (χ0n) is 23.6. The van der Waals surface area contributed by atoms with Gasteiger partial charge in [-0.25, -0.2) is 8.78 Å². The summed E-state index contributed by atoms with van der Waals surface area (Å²) in [5.74, 6) is -3.15. The molecule has 7 nitrogen and oxygen atoms in total. The van der Waals surface area contributed by atoms with Crippen LogP contribution in [-0.2, 0) is 28.9 Å². The summed E-state index contributed by atoms with van der Waals surface area (Å²) in [6.45, 7) is 4.80. The van der Waals surface area contributed by atoms with Gasteiger partial charge in [0.05, 0.1) is 18.5 Å². The number of nitrogens with zero attached hydrogens (tertiary/aromatic N) is 3. The van der Waals surface area contributed by atoms with Crippen LogP contribution in [0, 0.1) is 11.6 Å². The van der Waals surface area contributed by atoms with Crippen LogP contribution in [0.4, 0.5) is 8.78 Å². The monoisotopic (exact) mass is 550 g/mol. The van der Waals surface area contributed by atoms with Crippen molar-refractivity contribution in [3.05, 3.63) is 107 Å². The molecule has 0 saturated heterocycles. The van der Waals surface area contributed by atoms with Crippen molar-refractivity contribution < 1.29 is 23.1 Å². The Bertz CT molecular complexity index is 1410. The third-order valence-corrected chi connectivity index (χ3v) is 5.66. The summed E-state index contributed by atoms with van der Waals surface area (Å²) in [7, 11) is 5.51. The Hall–Kier alpha value is -4.24. The lowest BCUT2D eigenvalue weighted by molar-refractivity contribution is -0.140. The molecule has 212 valence electrons. The number of amides is 1. The Labute approximate surface area is 234 Å². The van der Waals surface area contributed by atoms with Crippen LogP contribution in [0.15, 0.2) is 67.0 Å². The molecule has 0 radical (unpaired) electrons. The van der Waals surface area contributed by atoms with Crippen molar-refractivity contribution in [1.29, 1.82) is 0 Å². The van der Waals surface area contributed by atoms with Gasteiger partial charge in [-0.05, 0) is 61.3 Å². The largest absolute Gasteiger partial charge is 0.469 e. The molecule has 0 aliphatic rings. The van der Waals surface area contributed by atoms with Gasteiger partial charge in [-0.15, -0.1) is 0 Å². The van der Waals surface area contributed by atoms with Gasteiger partial charge in [0.2, 0.25) is 0 Å². The summed E-state index contributed by atoms with van der Waals surface area (Å²) >= 11 is 0. The van der Waals surface area contributed by atoms with Crippen LogP contribution in [0.3, 0.4) is 0 Å². The molecule has 0 saturated carbocycles. The Morgan fingerprint density at radius 1 is 0.975 bits per heavy atom. The number of methoxy groups -OCH3 is 1. The van der Waals surface area contributed by atoms with Crippen molar-refractivity contribution in [2.75, 3.05) is 21.2 Å². The highest BCUT2D eigenvalue weighted by Crippen LogP contribution is 2.21. The fourth-order valence-corrected chi connectivity index (χ4v) is 3.93. The van der Waals surface area contributed by atoms with Crippen LogP contribution < -0.4 is 5.73 Å². The topological polar surface area (TPSA) is 98.4 Å². The summed E-state index contributed by atoms with van der Waals surface area (Å²) in [5.41, 5.74) is 8.40. The minimum atomic E-state index is -1.10. The van der Waals surface area contributed by atoms with E-state index in [1.54, 1.807) is 0 Å². The minimum absolute atomic E-state index is 0.185. The highest BCUT2D eigenvalue weighted by atomic mass is 19.1. The summed E-state index contributed by atoms with van der Waals surface area (Å²) in [6.07, 6.45) is 5.51. The molecule has 0 aliphatic heterocycles. The molecule has 0 atom stereocenters. The van der Waals surface area contributed by atoms with Crippen LogP contribution in [0.5, 0.6) is 0 Å². The molecular formula is C31H36F2N4O3. The van der Waals surface area contributed by atoms with Crippen molar-refractivity contribution in [2.24, 2.45) is 5.73 Å². The Morgan fingerprint density at radius 2 is 1.62 bits per heavy atom. The van der Waals surface area contributed by atoms with Crippen LogP contribution >= 0.6 is 0 Å². The molecule has 2 aromatic heterocycles. The first kappa shape index (κ1) is 32.0. The number of esters is 1. The van der Waals surface area contributed by atoms with E-state index in [2.05, 4.69) is 28.1 Å². The van der Waals surface area contributed by atoms with Crippen LogP contribution in [0.25, 0.3) is 10.8 Å². The lowest BCUT2D eigenvalue weighted by Crippen LogP contribution is -2.15. The van der Waals surface area contributed by atoms with Crippen molar-refractivity contribution in [3.8, 4) is 0 Å². The van der Waals surface area contributed by atoms with Gasteiger partial charge in [-0.1, -0.05) is 44.2 Å². The van der Waals surface area contributed by atoms with E-state index in [1.807, 2.05) is 58.5 Å². The maximum Gasteiger partial charge on any atom is 0.305 e. The first-order valence-electron chi connectivity index (χ1n) is 12.9. The number of hydrogen-bond acceptors (Lipinski definition) is 6. The first-order valence-corrected chi connectivity index (χ1v) is 12.9. The number of hydrogen-bond donors (Lipinski definition) is 1. The van der Waals surface area contributed by atoms with E-state index >= 15 is 0 Å². The molecule has 0 aliphatic carbocycles. The van der Waals surface area contributed by atoms with Crippen molar-refractivity contribution in [1.82, 2.24) is 14.9 Å². The Morgan fingerprint density at radius 3 is 2.23 bits per heavy atom. The predicted molar refractivity (Wildman–Crippen MR) is 153 cm³/mol. The molecule has 2 aromatic carbocycles. The number of primary amides is 1. The third-order valence-electron chi connectivity index (χ3n) is 5.66. The van der Waals surface area contributed by atoms with E-state index in [-0.39, 0.29) is 5.97 Å². The van der Waals surface area contributed by atoms with Crippen LogP contribution in [-0.4, -0.2) is 47.9 Å². The fourth-order valence-electron chi connectivity index (χ4n) is 3.93. The van der Waals surface area contributed by atoms with Gasteiger partial charge in [-0.3, -0.25) is 19.6 Å². The van der Waals surface area contributed by atoms with Crippen LogP contribution in [0.2, 0.25) is 0 Å². The van der Waals surface area contributed by atoms with E-state index in [1.165, 1.54) is 12.7 Å². The highest BCUT2D eigenvalue weighted by Gasteiger charge is 2.13. The number of pyridine rings is 2. The number of nitrogens with two attached hydrogens (primary N) is 1. The maximum atomic E-state index is 12.6. The summed E-state index contributed by atoms with van der Waals surface area (Å²) in [6, 6.07) is 15.6. The number of halogens is 2. The minimum Gasteiger partial charge on any atom is -0.469 e. The summed E-state index contributed by atoms with van der Waals surface area (Å²) < 4.78 is 29.9. The number of rotatable bonds is 8. The van der Waals surface area contributed by atoms with E-state index in [0.717, 1.165) is 58.9 Å². The number of aromatic nitrogens is 2. The predicted octanol–water partition coefficient (Wildman–Crippen LogP) is 5.48. The van der Waals surface area contributed by atoms with Crippen LogP contribution in [0.1, 0.15) is 53.1 Å². The second kappa shape index (κ2) is 16.0. The zero-order chi connectivity index (χ0) is 29.7. The molecule has 2 heterocycles. The quantitative estimate of drug-likeness (QED) is 0.292. The van der Waals surface area contributed by atoms with E-state index in [9.17, 15) is 18.4 Å². The van der Waals surface area contributed by atoms with Gasteiger partial charge in [-0.2, -0.15) is 0 Å². The van der Waals surface area contributed by atoms with Crippen molar-refractivity contribution in [3.63, 3.8) is 0 Å².